The molecule has 13 heteroatoms. The Labute approximate surface area is 216 Å². The van der Waals surface area contributed by atoms with Gasteiger partial charge in [0.2, 0.25) is 0 Å². The summed E-state index contributed by atoms with van der Waals surface area (Å²) in [5.74, 6) is -0.0202. The number of methoxy groups -OCH3 is 1. The highest BCUT2D eigenvalue weighted by molar-refractivity contribution is 5.95. The van der Waals surface area contributed by atoms with Gasteiger partial charge in [0.15, 0.2) is 17.7 Å². The van der Waals surface area contributed by atoms with Gasteiger partial charge in [-0.25, -0.2) is 9.59 Å². The quantitative estimate of drug-likeness (QED) is 0.159. The minimum absolute atomic E-state index is 0.230. The van der Waals surface area contributed by atoms with E-state index < -0.39 is 36.0 Å². The van der Waals surface area contributed by atoms with Gasteiger partial charge < -0.3 is 30.0 Å². The first-order valence-electron chi connectivity index (χ1n) is 11.4. The maximum absolute atomic E-state index is 12.6. The molecule has 0 aliphatic carbocycles. The number of benzene rings is 2. The maximum Gasteiger partial charge on any atom is 0.416 e. The number of nitrogens with zero attached hydrogens (tertiary/aromatic N) is 1. The fourth-order valence-corrected chi connectivity index (χ4v) is 3.58. The highest BCUT2D eigenvalue weighted by Gasteiger charge is 2.32. The number of hydrogen-bond donors (Lipinski definition) is 4. The van der Waals surface area contributed by atoms with Crippen molar-refractivity contribution in [2.45, 2.75) is 32.3 Å². The van der Waals surface area contributed by atoms with Crippen molar-refractivity contribution in [1.29, 1.82) is 0 Å². The number of carbonyl (C=O) groups excluding carboxylic acids is 2. The van der Waals surface area contributed by atoms with Crippen LogP contribution in [0.1, 0.15) is 36.6 Å². The van der Waals surface area contributed by atoms with E-state index >= 15 is 0 Å². The fraction of sp³-hybridized carbons (Fsp3) is 0.320. The van der Waals surface area contributed by atoms with Crippen molar-refractivity contribution in [3.8, 4) is 11.5 Å². The number of alkyl halides is 3. The molecule has 1 aliphatic heterocycles. The van der Waals surface area contributed by atoms with E-state index in [1.807, 2.05) is 0 Å². The van der Waals surface area contributed by atoms with Crippen LogP contribution in [-0.4, -0.2) is 49.9 Å². The van der Waals surface area contributed by atoms with Crippen molar-refractivity contribution in [3.63, 3.8) is 0 Å². The Kier molecular flexibility index (Phi) is 9.18. The standard InChI is InChI=1S/C25H27F3N4O6/c1-4-37-19-11-16(22-21(23(34)36-3)14(2)30-24(35)31-22)7-10-18(19)38-13-20(33)32-29-12-15-5-8-17(9-6-15)25(26,27)28/h5-12,20,22,32-33H,4,13H2,1-3H3,(H2,30,31,35)/b29-12-/t20-,22-/m1/s1. The first-order valence-corrected chi connectivity index (χ1v) is 11.4. The summed E-state index contributed by atoms with van der Waals surface area (Å²) in [6.07, 6.45) is -4.43. The first-order chi connectivity index (χ1) is 18.0. The third-order valence-corrected chi connectivity index (χ3v) is 5.35. The number of esters is 1. The summed E-state index contributed by atoms with van der Waals surface area (Å²) < 4.78 is 54.1. The molecular weight excluding hydrogens is 509 g/mol. The largest absolute Gasteiger partial charge is 0.490 e. The number of allylic oxidation sites excluding steroid dienone is 1. The Bertz CT molecular complexity index is 1210. The molecule has 2 aromatic rings. The van der Waals surface area contributed by atoms with Crippen molar-refractivity contribution in [3.05, 3.63) is 70.4 Å². The molecule has 0 saturated carbocycles. The number of ether oxygens (including phenoxy) is 3. The molecule has 4 N–H and O–H groups in total. The van der Waals surface area contributed by atoms with E-state index in [2.05, 4.69) is 21.2 Å². The SMILES string of the molecule is CCOc1cc([C@H]2NC(=O)NC(C)=C2C(=O)OC)ccc1OC[C@@H](O)N/N=C\c1ccc(C(F)(F)F)cc1. The number of nitrogens with one attached hydrogen (secondary N) is 3. The third kappa shape index (κ3) is 7.16. The van der Waals surface area contributed by atoms with Crippen molar-refractivity contribution in [1.82, 2.24) is 16.1 Å². The minimum atomic E-state index is -4.43. The summed E-state index contributed by atoms with van der Waals surface area (Å²) in [6.45, 7) is 3.39. The van der Waals surface area contributed by atoms with Crippen LogP contribution in [0, 0.1) is 0 Å². The van der Waals surface area contributed by atoms with Crippen molar-refractivity contribution in [2.75, 3.05) is 20.3 Å². The van der Waals surface area contributed by atoms with Gasteiger partial charge in [0.05, 0.1) is 37.1 Å². The van der Waals surface area contributed by atoms with Crippen LogP contribution in [0.2, 0.25) is 0 Å². The van der Waals surface area contributed by atoms with Crippen LogP contribution in [0.25, 0.3) is 0 Å². The van der Waals surface area contributed by atoms with Gasteiger partial charge in [-0.2, -0.15) is 18.3 Å². The molecule has 3 rings (SSSR count). The molecule has 0 unspecified atom stereocenters. The molecule has 204 valence electrons. The molecular formula is C25H27F3N4O6. The van der Waals surface area contributed by atoms with Crippen LogP contribution in [-0.2, 0) is 15.7 Å². The van der Waals surface area contributed by atoms with Gasteiger partial charge in [-0.3, -0.25) is 5.43 Å². The smallest absolute Gasteiger partial charge is 0.416 e. The lowest BCUT2D eigenvalue weighted by atomic mass is 9.95. The van der Waals surface area contributed by atoms with E-state index in [9.17, 15) is 27.9 Å². The van der Waals surface area contributed by atoms with Crippen molar-refractivity contribution < 1.29 is 42.1 Å². The predicted molar refractivity (Wildman–Crippen MR) is 130 cm³/mol. The maximum atomic E-state index is 12.6. The zero-order valence-electron chi connectivity index (χ0n) is 20.8. The molecule has 38 heavy (non-hydrogen) atoms. The lowest BCUT2D eigenvalue weighted by Crippen LogP contribution is -2.45. The van der Waals surface area contributed by atoms with Crippen LogP contribution >= 0.6 is 0 Å². The van der Waals surface area contributed by atoms with Gasteiger partial charge in [0.25, 0.3) is 0 Å². The molecule has 10 nitrogen and oxygen atoms in total. The molecule has 1 heterocycles. The average Bonchev–Trinajstić information content (AvgIpc) is 2.87. The summed E-state index contributed by atoms with van der Waals surface area (Å²) in [4.78, 5) is 24.4. The third-order valence-electron chi connectivity index (χ3n) is 5.35. The van der Waals surface area contributed by atoms with Crippen LogP contribution < -0.4 is 25.5 Å². The molecule has 0 spiro atoms. The van der Waals surface area contributed by atoms with Gasteiger partial charge in [0, 0.05) is 5.70 Å². The van der Waals surface area contributed by atoms with Gasteiger partial charge in [-0.15, -0.1) is 0 Å². The number of aliphatic hydroxyl groups excluding tert-OH is 1. The summed E-state index contributed by atoms with van der Waals surface area (Å²) in [5.41, 5.74) is 3.17. The van der Waals surface area contributed by atoms with E-state index in [0.29, 0.717) is 22.6 Å². The molecule has 2 amide bonds. The molecule has 0 saturated heterocycles. The average molecular weight is 537 g/mol. The van der Waals surface area contributed by atoms with E-state index in [1.165, 1.54) is 25.5 Å². The number of amides is 2. The zero-order chi connectivity index (χ0) is 27.9. The Balaban J connectivity index is 1.67. The Morgan fingerprint density at radius 1 is 1.18 bits per heavy atom. The number of carbonyl (C=O) groups is 2. The second-order valence-corrected chi connectivity index (χ2v) is 8.03. The summed E-state index contributed by atoms with van der Waals surface area (Å²) >= 11 is 0. The van der Waals surface area contributed by atoms with E-state index in [4.69, 9.17) is 14.2 Å². The second kappa shape index (κ2) is 12.3. The fourth-order valence-electron chi connectivity index (χ4n) is 3.58. The number of rotatable bonds is 10. The lowest BCUT2D eigenvalue weighted by Gasteiger charge is -2.28. The van der Waals surface area contributed by atoms with Gasteiger partial charge in [0.1, 0.15) is 6.61 Å². The summed E-state index contributed by atoms with van der Waals surface area (Å²) in [7, 11) is 1.24. The Morgan fingerprint density at radius 3 is 2.53 bits per heavy atom. The van der Waals surface area contributed by atoms with Crippen LogP contribution in [0.5, 0.6) is 11.5 Å². The Hall–Kier alpha value is -4.26. The van der Waals surface area contributed by atoms with Crippen molar-refractivity contribution in [2.24, 2.45) is 5.10 Å². The summed E-state index contributed by atoms with van der Waals surface area (Å²) in [5, 5.41) is 19.2. The molecule has 2 atom stereocenters. The van der Waals surface area contributed by atoms with E-state index in [1.54, 1.807) is 32.0 Å². The zero-order valence-corrected chi connectivity index (χ0v) is 20.8. The highest BCUT2D eigenvalue weighted by atomic mass is 19.4. The molecule has 0 fully saturated rings. The van der Waals surface area contributed by atoms with Gasteiger partial charge in [-0.05, 0) is 49.2 Å². The van der Waals surface area contributed by atoms with Crippen molar-refractivity contribution >= 4 is 18.2 Å². The topological polar surface area (TPSA) is 131 Å². The van der Waals surface area contributed by atoms with Crippen LogP contribution in [0.4, 0.5) is 18.0 Å². The minimum Gasteiger partial charge on any atom is -0.490 e. The highest BCUT2D eigenvalue weighted by Crippen LogP contribution is 2.35. The molecule has 1 aliphatic rings. The summed E-state index contributed by atoms with van der Waals surface area (Å²) in [6, 6.07) is 7.89. The number of halogens is 3. The van der Waals surface area contributed by atoms with E-state index in [0.717, 1.165) is 12.1 Å². The van der Waals surface area contributed by atoms with Gasteiger partial charge >= 0.3 is 18.2 Å². The molecule has 2 aromatic carbocycles. The number of aliphatic hydroxyl groups is 1. The van der Waals surface area contributed by atoms with Crippen LogP contribution in [0.15, 0.2) is 58.8 Å². The number of hydrazone groups is 1. The molecule has 0 bridgehead atoms. The normalized spacial score (nSPS) is 16.5. The monoisotopic (exact) mass is 536 g/mol. The molecule has 0 radical (unpaired) electrons. The van der Waals surface area contributed by atoms with E-state index in [-0.39, 0.29) is 24.5 Å². The Morgan fingerprint density at radius 2 is 1.89 bits per heavy atom. The first kappa shape index (κ1) is 28.3. The van der Waals surface area contributed by atoms with Crippen LogP contribution in [0.3, 0.4) is 0 Å². The second-order valence-electron chi connectivity index (χ2n) is 8.03. The predicted octanol–water partition coefficient (Wildman–Crippen LogP) is 3.23. The number of hydrogen-bond acceptors (Lipinski definition) is 8. The van der Waals surface area contributed by atoms with Gasteiger partial charge in [-0.1, -0.05) is 18.2 Å². The molecule has 0 aromatic heterocycles. The lowest BCUT2D eigenvalue weighted by molar-refractivity contribution is -0.138. The number of urea groups is 1.